The van der Waals surface area contributed by atoms with E-state index in [4.69, 9.17) is 0 Å². The molecule has 2 amide bonds. The second-order valence-corrected chi connectivity index (χ2v) is 7.63. The lowest BCUT2D eigenvalue weighted by molar-refractivity contribution is -0.137. The van der Waals surface area contributed by atoms with Crippen molar-refractivity contribution < 1.29 is 9.59 Å². The third kappa shape index (κ3) is 4.88. The van der Waals surface area contributed by atoms with E-state index in [2.05, 4.69) is 25.2 Å². The van der Waals surface area contributed by atoms with Gasteiger partial charge in [0.1, 0.15) is 0 Å². The number of hydrogen-bond acceptors (Lipinski definition) is 2. The second-order valence-electron chi connectivity index (χ2n) is 7.63. The lowest BCUT2D eigenvalue weighted by atomic mass is 10.0. The zero-order valence-electron chi connectivity index (χ0n) is 16.4. The van der Waals surface area contributed by atoms with Gasteiger partial charge in [-0.05, 0) is 49.1 Å². The van der Waals surface area contributed by atoms with Crippen LogP contribution in [0.3, 0.4) is 0 Å². The van der Waals surface area contributed by atoms with Gasteiger partial charge >= 0.3 is 0 Å². The summed E-state index contributed by atoms with van der Waals surface area (Å²) in [4.78, 5) is 27.2. The molecule has 0 heterocycles. The predicted octanol–water partition coefficient (Wildman–Crippen LogP) is 4.99. The minimum atomic E-state index is -0.0437. The van der Waals surface area contributed by atoms with E-state index in [0.29, 0.717) is 13.0 Å². The Bertz CT molecular complexity index is 796. The topological polar surface area (TPSA) is 49.4 Å². The van der Waals surface area contributed by atoms with Gasteiger partial charge in [0, 0.05) is 30.6 Å². The third-order valence-electron chi connectivity index (χ3n) is 5.72. The maximum absolute atomic E-state index is 12.9. The van der Waals surface area contributed by atoms with Crippen molar-refractivity contribution in [2.75, 3.05) is 11.9 Å². The average molecular weight is 367 g/mol. The molecule has 1 aliphatic carbocycles. The quantitative estimate of drug-likeness (QED) is 0.751. The molecule has 144 valence electrons. The van der Waals surface area contributed by atoms with Crippen LogP contribution in [0.5, 0.6) is 0 Å². The molecule has 2 aromatic carbocycles. The maximum Gasteiger partial charge on any atom is 0.226 e. The molecule has 2 aromatic rings. The average Bonchev–Trinajstić information content (AvgIpc) is 3.22. The first-order chi connectivity index (χ1) is 13.1. The molecule has 0 aromatic heterocycles. The van der Waals surface area contributed by atoms with Crippen molar-refractivity contribution in [2.24, 2.45) is 5.92 Å². The smallest absolute Gasteiger partial charge is 0.226 e. The number of carbonyl (C=O) groups is 2. The van der Waals surface area contributed by atoms with Crippen molar-refractivity contribution in [3.05, 3.63) is 42.5 Å². The summed E-state index contributed by atoms with van der Waals surface area (Å²) in [6.07, 6.45) is 5.52. The minimum Gasteiger partial charge on any atom is -0.339 e. The van der Waals surface area contributed by atoms with Crippen LogP contribution in [0, 0.1) is 5.92 Å². The Morgan fingerprint density at radius 1 is 1.11 bits per heavy atom. The van der Waals surface area contributed by atoms with E-state index in [1.807, 2.05) is 41.3 Å². The molecule has 1 N–H and O–H groups in total. The van der Waals surface area contributed by atoms with Crippen molar-refractivity contribution in [1.29, 1.82) is 0 Å². The van der Waals surface area contributed by atoms with Crippen LogP contribution in [-0.4, -0.2) is 29.3 Å². The van der Waals surface area contributed by atoms with Crippen LogP contribution >= 0.6 is 0 Å². The molecule has 27 heavy (non-hydrogen) atoms. The molecule has 3 rings (SSSR count). The van der Waals surface area contributed by atoms with Gasteiger partial charge in [0.2, 0.25) is 11.8 Å². The van der Waals surface area contributed by atoms with E-state index in [-0.39, 0.29) is 23.8 Å². The van der Waals surface area contributed by atoms with Crippen LogP contribution in [-0.2, 0) is 9.59 Å². The van der Waals surface area contributed by atoms with Gasteiger partial charge in [0.15, 0.2) is 0 Å². The summed E-state index contributed by atoms with van der Waals surface area (Å²) < 4.78 is 0. The first kappa shape index (κ1) is 19.4. The van der Waals surface area contributed by atoms with Gasteiger partial charge in [-0.1, -0.05) is 50.1 Å². The van der Waals surface area contributed by atoms with Gasteiger partial charge in [-0.2, -0.15) is 0 Å². The summed E-state index contributed by atoms with van der Waals surface area (Å²) in [5.74, 6) is 0.348. The van der Waals surface area contributed by atoms with Crippen LogP contribution in [0.2, 0.25) is 0 Å². The largest absolute Gasteiger partial charge is 0.339 e. The van der Waals surface area contributed by atoms with Gasteiger partial charge < -0.3 is 10.2 Å². The van der Waals surface area contributed by atoms with Gasteiger partial charge in [0.25, 0.3) is 0 Å². The zero-order chi connectivity index (χ0) is 19.2. The molecule has 0 bridgehead atoms. The van der Waals surface area contributed by atoms with E-state index >= 15 is 0 Å². The van der Waals surface area contributed by atoms with Crippen LogP contribution in [0.25, 0.3) is 10.8 Å². The highest BCUT2D eigenvalue weighted by Gasteiger charge is 2.29. The number of benzene rings is 2. The zero-order valence-corrected chi connectivity index (χ0v) is 16.4. The number of nitrogens with zero attached hydrogens (tertiary/aromatic N) is 1. The molecular weight excluding hydrogens is 336 g/mol. The summed E-state index contributed by atoms with van der Waals surface area (Å²) >= 11 is 0. The minimum absolute atomic E-state index is 0.0437. The number of hydrogen-bond donors (Lipinski definition) is 1. The molecule has 0 spiro atoms. The van der Waals surface area contributed by atoms with Crippen LogP contribution in [0.1, 0.15) is 52.4 Å². The molecule has 1 atom stereocenters. The Morgan fingerprint density at radius 3 is 2.52 bits per heavy atom. The van der Waals surface area contributed by atoms with Gasteiger partial charge in [-0.3, -0.25) is 9.59 Å². The summed E-state index contributed by atoms with van der Waals surface area (Å²) in [6, 6.07) is 14.2. The van der Waals surface area contributed by atoms with Crippen LogP contribution in [0.4, 0.5) is 5.69 Å². The number of fused-ring (bicyclic) bond motifs is 1. The Kier molecular flexibility index (Phi) is 6.49. The number of nitrogens with one attached hydrogen (secondary N) is 1. The second kappa shape index (κ2) is 9.03. The van der Waals surface area contributed by atoms with E-state index in [0.717, 1.165) is 48.6 Å². The Balaban J connectivity index is 1.60. The number of carbonyl (C=O) groups excluding carboxylic acids is 2. The number of rotatable bonds is 7. The fourth-order valence-electron chi connectivity index (χ4n) is 3.89. The van der Waals surface area contributed by atoms with Gasteiger partial charge in [-0.15, -0.1) is 0 Å². The van der Waals surface area contributed by atoms with Crippen LogP contribution < -0.4 is 5.32 Å². The Hall–Kier alpha value is -2.36. The molecular formula is C23H30N2O2. The lowest BCUT2D eigenvalue weighted by Crippen LogP contribution is -2.43. The van der Waals surface area contributed by atoms with E-state index in [9.17, 15) is 9.59 Å². The molecule has 0 radical (unpaired) electrons. The molecule has 4 heteroatoms. The fourth-order valence-corrected chi connectivity index (χ4v) is 3.89. The highest BCUT2D eigenvalue weighted by Crippen LogP contribution is 2.27. The van der Waals surface area contributed by atoms with Gasteiger partial charge in [-0.25, -0.2) is 0 Å². The highest BCUT2D eigenvalue weighted by molar-refractivity contribution is 5.94. The fraction of sp³-hybridized carbons (Fsp3) is 0.478. The van der Waals surface area contributed by atoms with Gasteiger partial charge in [0.05, 0.1) is 0 Å². The van der Waals surface area contributed by atoms with Crippen molar-refractivity contribution in [3.63, 3.8) is 0 Å². The van der Waals surface area contributed by atoms with Crippen molar-refractivity contribution in [2.45, 2.75) is 58.4 Å². The summed E-state index contributed by atoms with van der Waals surface area (Å²) in [5.41, 5.74) is 0.802. The lowest BCUT2D eigenvalue weighted by Gasteiger charge is -2.31. The normalized spacial score (nSPS) is 15.6. The van der Waals surface area contributed by atoms with E-state index in [1.54, 1.807) is 0 Å². The third-order valence-corrected chi connectivity index (χ3v) is 5.72. The standard InChI is InChI=1S/C23H30N2O2/c1-3-17(2)25(23(27)19-9-5-6-10-19)15-14-22(26)24-21-13-12-18-8-4-7-11-20(18)16-21/h4,7-8,11-13,16-17,19H,3,5-6,9-10,14-15H2,1-2H3,(H,24,26). The number of anilines is 1. The van der Waals surface area contributed by atoms with Crippen molar-refractivity contribution >= 4 is 28.3 Å². The summed E-state index contributed by atoms with van der Waals surface area (Å²) in [7, 11) is 0. The van der Waals surface area contributed by atoms with Crippen molar-refractivity contribution in [3.8, 4) is 0 Å². The molecule has 1 fully saturated rings. The maximum atomic E-state index is 12.9. The molecule has 0 aliphatic heterocycles. The Labute approximate surface area is 161 Å². The van der Waals surface area contributed by atoms with E-state index in [1.165, 1.54) is 0 Å². The SMILES string of the molecule is CCC(C)N(CCC(=O)Nc1ccc2ccccc2c1)C(=O)C1CCCC1. The van der Waals surface area contributed by atoms with Crippen molar-refractivity contribution in [1.82, 2.24) is 4.90 Å². The Morgan fingerprint density at radius 2 is 1.81 bits per heavy atom. The van der Waals surface area contributed by atoms with Crippen LogP contribution in [0.15, 0.2) is 42.5 Å². The summed E-state index contributed by atoms with van der Waals surface area (Å²) in [5, 5.41) is 5.24. The molecule has 1 saturated carbocycles. The molecule has 0 saturated heterocycles. The first-order valence-corrected chi connectivity index (χ1v) is 10.2. The monoisotopic (exact) mass is 366 g/mol. The first-order valence-electron chi connectivity index (χ1n) is 10.2. The summed E-state index contributed by atoms with van der Waals surface area (Å²) in [6.45, 7) is 4.66. The molecule has 4 nitrogen and oxygen atoms in total. The van der Waals surface area contributed by atoms with E-state index < -0.39 is 0 Å². The molecule has 1 aliphatic rings. The predicted molar refractivity (Wildman–Crippen MR) is 111 cm³/mol. The molecule has 1 unspecified atom stereocenters. The number of amides is 2. The highest BCUT2D eigenvalue weighted by atomic mass is 16.2.